The van der Waals surface area contributed by atoms with Gasteiger partial charge in [-0.2, -0.15) is 0 Å². The van der Waals surface area contributed by atoms with Crippen LogP contribution in [0, 0.1) is 0 Å². The van der Waals surface area contributed by atoms with Crippen LogP contribution < -0.4 is 4.90 Å². The summed E-state index contributed by atoms with van der Waals surface area (Å²) >= 11 is 3.75. The van der Waals surface area contributed by atoms with Gasteiger partial charge in [0.2, 0.25) is 0 Å². The average molecular weight is 802 g/mol. The summed E-state index contributed by atoms with van der Waals surface area (Å²) in [5, 5.41) is 5.29. The van der Waals surface area contributed by atoms with Crippen LogP contribution in [0.5, 0.6) is 0 Å². The largest absolute Gasteiger partial charge is 0.310 e. The Kier molecular flexibility index (Phi) is 8.00. The van der Waals surface area contributed by atoms with E-state index in [9.17, 15) is 0 Å². The van der Waals surface area contributed by atoms with Gasteiger partial charge in [0.1, 0.15) is 0 Å². The molecule has 0 radical (unpaired) electrons. The summed E-state index contributed by atoms with van der Waals surface area (Å²) in [6.07, 6.45) is 0. The maximum atomic E-state index is 2.42. The monoisotopic (exact) mass is 801 g/mol. The molecule has 1 aliphatic rings. The van der Waals surface area contributed by atoms with Gasteiger partial charge in [-0.3, -0.25) is 0 Å². The summed E-state index contributed by atoms with van der Waals surface area (Å²) in [6.45, 7) is 4.72. The molecule has 284 valence electrons. The molecule has 0 saturated heterocycles. The lowest BCUT2D eigenvalue weighted by Gasteiger charge is -2.28. The normalized spacial score (nSPS) is 13.0. The van der Waals surface area contributed by atoms with E-state index in [1.165, 1.54) is 96.0 Å². The third-order valence-corrected chi connectivity index (χ3v) is 15.1. The Balaban J connectivity index is 0.960. The highest BCUT2D eigenvalue weighted by Crippen LogP contribution is 2.51. The quantitative estimate of drug-likeness (QED) is 0.162. The Morgan fingerprint density at radius 2 is 0.867 bits per heavy atom. The summed E-state index contributed by atoms with van der Waals surface area (Å²) in [6, 6.07) is 74.3. The van der Waals surface area contributed by atoms with Gasteiger partial charge in [0.05, 0.1) is 0 Å². The lowest BCUT2D eigenvalue weighted by Crippen LogP contribution is -2.16. The molecule has 0 spiro atoms. The Morgan fingerprint density at radius 3 is 1.63 bits per heavy atom. The second-order valence-corrected chi connectivity index (χ2v) is 18.6. The molecule has 0 unspecified atom stereocenters. The molecule has 60 heavy (non-hydrogen) atoms. The minimum Gasteiger partial charge on any atom is -0.310 e. The van der Waals surface area contributed by atoms with Gasteiger partial charge in [0.25, 0.3) is 0 Å². The van der Waals surface area contributed by atoms with Crippen molar-refractivity contribution in [3.8, 4) is 44.5 Å². The number of rotatable bonds is 6. The second kappa shape index (κ2) is 13.6. The zero-order valence-corrected chi connectivity index (χ0v) is 34.9. The fraction of sp³-hybridized carbons (Fsp3) is 0.0526. The first-order valence-electron chi connectivity index (χ1n) is 20.7. The van der Waals surface area contributed by atoms with Crippen LogP contribution in [0.15, 0.2) is 200 Å². The van der Waals surface area contributed by atoms with E-state index >= 15 is 0 Å². The van der Waals surface area contributed by atoms with E-state index in [2.05, 4.69) is 219 Å². The lowest BCUT2D eigenvalue weighted by molar-refractivity contribution is 0.660. The highest BCUT2D eigenvalue weighted by atomic mass is 32.1. The predicted octanol–water partition coefficient (Wildman–Crippen LogP) is 17.2. The van der Waals surface area contributed by atoms with Gasteiger partial charge >= 0.3 is 0 Å². The van der Waals surface area contributed by atoms with E-state index in [-0.39, 0.29) is 5.41 Å². The van der Waals surface area contributed by atoms with Gasteiger partial charge in [-0.25, -0.2) is 0 Å². The molecular formula is C57H39NS2. The average Bonchev–Trinajstić information content (AvgIpc) is 3.94. The molecule has 2 heterocycles. The molecule has 1 aliphatic carbocycles. The first kappa shape index (κ1) is 35.2. The highest BCUT2D eigenvalue weighted by molar-refractivity contribution is 7.26. The molecule has 1 nitrogen and oxygen atoms in total. The highest BCUT2D eigenvalue weighted by Gasteiger charge is 2.35. The Labute approximate surface area is 358 Å². The molecule has 0 bridgehead atoms. The minimum absolute atomic E-state index is 0.104. The molecule has 0 saturated carbocycles. The zero-order valence-electron chi connectivity index (χ0n) is 33.3. The van der Waals surface area contributed by atoms with Gasteiger partial charge in [-0.1, -0.05) is 153 Å². The molecule has 0 aliphatic heterocycles. The predicted molar refractivity (Wildman–Crippen MR) is 261 cm³/mol. The Bertz CT molecular complexity index is 3460. The van der Waals surface area contributed by atoms with Crippen LogP contribution in [0.2, 0.25) is 0 Å². The van der Waals surface area contributed by atoms with Gasteiger partial charge in [0, 0.05) is 68.4 Å². The molecule has 11 aromatic rings. The Morgan fingerprint density at radius 1 is 0.333 bits per heavy atom. The first-order valence-corrected chi connectivity index (χ1v) is 22.3. The summed E-state index contributed by atoms with van der Waals surface area (Å²) in [7, 11) is 0. The molecule has 0 atom stereocenters. The van der Waals surface area contributed by atoms with Crippen LogP contribution in [0.1, 0.15) is 25.0 Å². The van der Waals surface area contributed by atoms with Crippen molar-refractivity contribution in [3.05, 3.63) is 211 Å². The van der Waals surface area contributed by atoms with E-state index in [1.807, 2.05) is 22.7 Å². The lowest BCUT2D eigenvalue weighted by atomic mass is 9.82. The van der Waals surface area contributed by atoms with Gasteiger partial charge in [0.15, 0.2) is 0 Å². The fourth-order valence-corrected chi connectivity index (χ4v) is 12.0. The maximum Gasteiger partial charge on any atom is 0.0465 e. The van der Waals surface area contributed by atoms with E-state index in [0.717, 1.165) is 17.1 Å². The summed E-state index contributed by atoms with van der Waals surface area (Å²) in [5.41, 5.74) is 16.1. The molecule has 0 fully saturated rings. The van der Waals surface area contributed by atoms with Crippen molar-refractivity contribution >= 4 is 80.1 Å². The fourth-order valence-electron chi connectivity index (χ4n) is 9.71. The van der Waals surface area contributed by atoms with Crippen molar-refractivity contribution in [1.29, 1.82) is 0 Å². The van der Waals surface area contributed by atoms with E-state index in [4.69, 9.17) is 0 Å². The third-order valence-electron chi connectivity index (χ3n) is 12.7. The van der Waals surface area contributed by atoms with Crippen molar-refractivity contribution in [3.63, 3.8) is 0 Å². The number of benzene rings is 9. The molecule has 0 amide bonds. The number of hydrogen-bond donors (Lipinski definition) is 0. The molecular weight excluding hydrogens is 763 g/mol. The number of nitrogens with zero attached hydrogens (tertiary/aromatic N) is 1. The number of anilines is 3. The van der Waals surface area contributed by atoms with Crippen LogP contribution in [-0.4, -0.2) is 0 Å². The second-order valence-electron chi connectivity index (χ2n) is 16.5. The first-order chi connectivity index (χ1) is 29.5. The van der Waals surface area contributed by atoms with Crippen molar-refractivity contribution in [2.24, 2.45) is 0 Å². The van der Waals surface area contributed by atoms with Crippen LogP contribution in [-0.2, 0) is 5.41 Å². The minimum atomic E-state index is -0.104. The molecule has 0 N–H and O–H groups in total. The summed E-state index contributed by atoms with van der Waals surface area (Å²) in [5.74, 6) is 0. The van der Waals surface area contributed by atoms with Gasteiger partial charge in [-0.05, 0) is 111 Å². The van der Waals surface area contributed by atoms with Crippen molar-refractivity contribution in [1.82, 2.24) is 0 Å². The van der Waals surface area contributed by atoms with Gasteiger partial charge in [-0.15, -0.1) is 22.7 Å². The molecule has 9 aromatic carbocycles. The van der Waals surface area contributed by atoms with Crippen molar-refractivity contribution in [2.45, 2.75) is 19.3 Å². The van der Waals surface area contributed by atoms with Gasteiger partial charge < -0.3 is 4.90 Å². The van der Waals surface area contributed by atoms with Crippen LogP contribution >= 0.6 is 22.7 Å². The summed E-state index contributed by atoms with van der Waals surface area (Å²) in [4.78, 5) is 2.42. The topological polar surface area (TPSA) is 3.24 Å². The molecule has 2 aromatic heterocycles. The smallest absolute Gasteiger partial charge is 0.0465 e. The maximum absolute atomic E-state index is 2.42. The van der Waals surface area contributed by atoms with E-state index in [0.29, 0.717) is 0 Å². The molecule has 12 rings (SSSR count). The summed E-state index contributed by atoms with van der Waals surface area (Å²) < 4.78 is 5.32. The molecule has 3 heteroatoms. The Hall–Kier alpha value is -6.78. The SMILES string of the molecule is CC1(C)c2ccccc2-c2ccc(N(c3ccc(-c4ccc5sc6ccccc6c5c4)cc3)c3ccc(-c4ccccc4-c4cccc5c4sc4ccccc45)cc3)cc21. The zero-order chi connectivity index (χ0) is 40.0. The number of fused-ring (bicyclic) bond motifs is 9. The van der Waals surface area contributed by atoms with Crippen LogP contribution in [0.25, 0.3) is 84.9 Å². The third kappa shape index (κ3) is 5.50. The van der Waals surface area contributed by atoms with Crippen molar-refractivity contribution in [2.75, 3.05) is 4.90 Å². The standard InChI is InChI=1S/C57H39NS2/c1-57(2)51-19-8-5-14-44(51)45-32-31-41(35-52(45)57)58(39-27-22-36(23-28-39)38-26-33-55-50(34-38)47-16-7-9-20-53(47)59-55)40-29-24-37(25-30-40)42-12-3-4-13-43(42)48-17-11-18-49-46-15-6-10-21-54(46)60-56(48)49/h3-35H,1-2H3. The van der Waals surface area contributed by atoms with E-state index in [1.54, 1.807) is 0 Å². The number of thiophene rings is 2. The van der Waals surface area contributed by atoms with Crippen LogP contribution in [0.4, 0.5) is 17.1 Å². The van der Waals surface area contributed by atoms with Crippen molar-refractivity contribution < 1.29 is 0 Å². The number of hydrogen-bond acceptors (Lipinski definition) is 3. The van der Waals surface area contributed by atoms with Crippen LogP contribution in [0.3, 0.4) is 0 Å². The van der Waals surface area contributed by atoms with E-state index < -0.39 is 0 Å².